The van der Waals surface area contributed by atoms with Gasteiger partial charge in [0.1, 0.15) is 5.41 Å². The summed E-state index contributed by atoms with van der Waals surface area (Å²) in [6, 6.07) is 13.6. The standard InChI is InChI=1S/C22H28N2O2/c1-7-24(18-10-8-9-15(2)13-18)21(26)22(5,6)20(25)23-19-14-16(3)11-12-17(19)4/h8-14H,7H2,1-6H3,(H,23,25). The van der Waals surface area contributed by atoms with E-state index >= 15 is 0 Å². The van der Waals surface area contributed by atoms with Gasteiger partial charge in [0.25, 0.3) is 0 Å². The fourth-order valence-electron chi connectivity index (χ4n) is 2.82. The van der Waals surface area contributed by atoms with Crippen LogP contribution in [0.1, 0.15) is 37.5 Å². The fraction of sp³-hybridized carbons (Fsp3) is 0.364. The maximum Gasteiger partial charge on any atom is 0.242 e. The summed E-state index contributed by atoms with van der Waals surface area (Å²) in [5, 5.41) is 2.93. The van der Waals surface area contributed by atoms with Crippen molar-refractivity contribution in [2.45, 2.75) is 41.5 Å². The molecule has 26 heavy (non-hydrogen) atoms. The summed E-state index contributed by atoms with van der Waals surface area (Å²) < 4.78 is 0. The first-order chi connectivity index (χ1) is 12.2. The van der Waals surface area contributed by atoms with Gasteiger partial charge >= 0.3 is 0 Å². The second-order valence-electron chi connectivity index (χ2n) is 7.29. The van der Waals surface area contributed by atoms with Crippen LogP contribution >= 0.6 is 0 Å². The van der Waals surface area contributed by atoms with Crippen LogP contribution in [0.15, 0.2) is 42.5 Å². The van der Waals surface area contributed by atoms with Crippen LogP contribution in [-0.4, -0.2) is 18.4 Å². The Morgan fingerprint density at radius 2 is 1.65 bits per heavy atom. The van der Waals surface area contributed by atoms with Crippen LogP contribution in [0.5, 0.6) is 0 Å². The van der Waals surface area contributed by atoms with Crippen molar-refractivity contribution in [3.8, 4) is 0 Å². The number of amides is 2. The Balaban J connectivity index is 2.27. The Morgan fingerprint density at radius 3 is 2.27 bits per heavy atom. The normalized spacial score (nSPS) is 11.2. The first kappa shape index (κ1) is 19.7. The molecule has 0 atom stereocenters. The number of anilines is 2. The van der Waals surface area contributed by atoms with E-state index in [2.05, 4.69) is 5.32 Å². The second-order valence-corrected chi connectivity index (χ2v) is 7.29. The van der Waals surface area contributed by atoms with E-state index in [0.29, 0.717) is 6.54 Å². The van der Waals surface area contributed by atoms with Crippen molar-refractivity contribution in [1.29, 1.82) is 0 Å². The molecule has 2 aromatic rings. The summed E-state index contributed by atoms with van der Waals surface area (Å²) >= 11 is 0. The molecule has 1 N–H and O–H groups in total. The molecule has 0 aliphatic rings. The van der Waals surface area contributed by atoms with E-state index in [1.165, 1.54) is 0 Å². The van der Waals surface area contributed by atoms with Crippen LogP contribution in [0.2, 0.25) is 0 Å². The molecule has 0 aromatic heterocycles. The number of nitrogens with one attached hydrogen (secondary N) is 1. The van der Waals surface area contributed by atoms with E-state index in [1.807, 2.05) is 70.2 Å². The van der Waals surface area contributed by atoms with Crippen molar-refractivity contribution in [1.82, 2.24) is 0 Å². The molecule has 0 aliphatic heterocycles. The van der Waals surface area contributed by atoms with Gasteiger partial charge in [-0.15, -0.1) is 0 Å². The van der Waals surface area contributed by atoms with Gasteiger partial charge in [0.2, 0.25) is 11.8 Å². The Bertz CT molecular complexity index is 825. The molecule has 0 saturated heterocycles. The van der Waals surface area contributed by atoms with E-state index in [9.17, 15) is 9.59 Å². The third kappa shape index (κ3) is 4.13. The van der Waals surface area contributed by atoms with Crippen molar-refractivity contribution in [2.24, 2.45) is 5.41 Å². The number of hydrogen-bond acceptors (Lipinski definition) is 2. The van der Waals surface area contributed by atoms with Gasteiger partial charge in [0.05, 0.1) is 0 Å². The van der Waals surface area contributed by atoms with Gasteiger partial charge in [-0.25, -0.2) is 0 Å². The zero-order valence-corrected chi connectivity index (χ0v) is 16.5. The van der Waals surface area contributed by atoms with Crippen molar-refractivity contribution in [3.05, 3.63) is 59.2 Å². The van der Waals surface area contributed by atoms with E-state index in [1.54, 1.807) is 18.7 Å². The molecule has 0 fully saturated rings. The highest BCUT2D eigenvalue weighted by Crippen LogP contribution is 2.27. The van der Waals surface area contributed by atoms with Gasteiger partial charge in [-0.05, 0) is 76.4 Å². The molecule has 0 aliphatic carbocycles. The molecule has 0 radical (unpaired) electrons. The minimum absolute atomic E-state index is 0.214. The van der Waals surface area contributed by atoms with E-state index < -0.39 is 5.41 Å². The summed E-state index contributed by atoms with van der Waals surface area (Å²) in [6.07, 6.45) is 0. The number of rotatable bonds is 5. The largest absolute Gasteiger partial charge is 0.325 e. The van der Waals surface area contributed by atoms with Gasteiger partial charge in [0, 0.05) is 17.9 Å². The lowest BCUT2D eigenvalue weighted by Crippen LogP contribution is -2.47. The molecule has 138 valence electrons. The Morgan fingerprint density at radius 1 is 1.00 bits per heavy atom. The summed E-state index contributed by atoms with van der Waals surface area (Å²) in [5.74, 6) is -0.518. The number of hydrogen-bond donors (Lipinski definition) is 1. The smallest absolute Gasteiger partial charge is 0.242 e. The van der Waals surface area contributed by atoms with Crippen LogP contribution in [0, 0.1) is 26.2 Å². The summed E-state index contributed by atoms with van der Waals surface area (Å²) in [4.78, 5) is 27.7. The molecule has 2 rings (SSSR count). The van der Waals surface area contributed by atoms with Gasteiger partial charge in [0.15, 0.2) is 0 Å². The first-order valence-electron chi connectivity index (χ1n) is 8.94. The predicted octanol–water partition coefficient (Wildman–Crippen LogP) is 4.63. The van der Waals surface area contributed by atoms with Crippen molar-refractivity contribution < 1.29 is 9.59 Å². The number of aryl methyl sites for hydroxylation is 3. The summed E-state index contributed by atoms with van der Waals surface area (Å²) in [5.41, 5.74) is 3.48. The number of nitrogens with zero attached hydrogens (tertiary/aromatic N) is 1. The molecule has 2 amide bonds. The minimum atomic E-state index is -1.18. The lowest BCUT2D eigenvalue weighted by molar-refractivity contribution is -0.136. The molecule has 4 nitrogen and oxygen atoms in total. The SMILES string of the molecule is CCN(C(=O)C(C)(C)C(=O)Nc1cc(C)ccc1C)c1cccc(C)c1. The molecular formula is C22H28N2O2. The first-order valence-corrected chi connectivity index (χ1v) is 8.94. The van der Waals surface area contributed by atoms with Crippen LogP contribution < -0.4 is 10.2 Å². The Labute approximate surface area is 156 Å². The van der Waals surface area contributed by atoms with Crippen LogP contribution in [-0.2, 0) is 9.59 Å². The summed E-state index contributed by atoms with van der Waals surface area (Å²) in [7, 11) is 0. The van der Waals surface area contributed by atoms with Crippen LogP contribution in [0.25, 0.3) is 0 Å². The lowest BCUT2D eigenvalue weighted by Gasteiger charge is -2.31. The molecule has 2 aromatic carbocycles. The average Bonchev–Trinajstić information content (AvgIpc) is 2.58. The number of carbonyl (C=O) groups is 2. The van der Waals surface area contributed by atoms with Gasteiger partial charge in [-0.3, -0.25) is 9.59 Å². The third-order valence-electron chi connectivity index (χ3n) is 4.62. The van der Waals surface area contributed by atoms with Gasteiger partial charge < -0.3 is 10.2 Å². The number of benzene rings is 2. The molecule has 0 saturated carbocycles. The highest BCUT2D eigenvalue weighted by Gasteiger charge is 2.39. The molecule has 0 heterocycles. The maximum absolute atomic E-state index is 13.2. The monoisotopic (exact) mass is 352 g/mol. The van der Waals surface area contributed by atoms with Gasteiger partial charge in [-0.1, -0.05) is 24.3 Å². The molecule has 4 heteroatoms. The zero-order valence-electron chi connectivity index (χ0n) is 16.5. The zero-order chi connectivity index (χ0) is 19.5. The quantitative estimate of drug-likeness (QED) is 0.798. The highest BCUT2D eigenvalue weighted by atomic mass is 16.2. The summed E-state index contributed by atoms with van der Waals surface area (Å²) in [6.45, 7) is 11.7. The molecule has 0 bridgehead atoms. The van der Waals surface area contributed by atoms with E-state index in [0.717, 1.165) is 28.1 Å². The molecular weight excluding hydrogens is 324 g/mol. The molecule has 0 unspecified atom stereocenters. The third-order valence-corrected chi connectivity index (χ3v) is 4.62. The van der Waals surface area contributed by atoms with Crippen molar-refractivity contribution >= 4 is 23.2 Å². The Kier molecular flexibility index (Phi) is 5.86. The van der Waals surface area contributed by atoms with Crippen molar-refractivity contribution in [2.75, 3.05) is 16.8 Å². The minimum Gasteiger partial charge on any atom is -0.325 e. The topological polar surface area (TPSA) is 49.4 Å². The fourth-order valence-corrected chi connectivity index (χ4v) is 2.82. The Hall–Kier alpha value is -2.62. The van der Waals surface area contributed by atoms with E-state index in [-0.39, 0.29) is 11.8 Å². The van der Waals surface area contributed by atoms with Crippen LogP contribution in [0.4, 0.5) is 11.4 Å². The lowest BCUT2D eigenvalue weighted by atomic mass is 9.89. The second kappa shape index (κ2) is 7.73. The van der Waals surface area contributed by atoms with E-state index in [4.69, 9.17) is 0 Å². The van der Waals surface area contributed by atoms with Crippen molar-refractivity contribution in [3.63, 3.8) is 0 Å². The molecule has 0 spiro atoms. The predicted molar refractivity (Wildman–Crippen MR) is 108 cm³/mol. The highest BCUT2D eigenvalue weighted by molar-refractivity contribution is 6.15. The maximum atomic E-state index is 13.2. The number of carbonyl (C=O) groups excluding carboxylic acids is 2. The average molecular weight is 352 g/mol. The van der Waals surface area contributed by atoms with Gasteiger partial charge in [-0.2, -0.15) is 0 Å². The van der Waals surface area contributed by atoms with Crippen LogP contribution in [0.3, 0.4) is 0 Å².